The Labute approximate surface area is 120 Å². The van der Waals surface area contributed by atoms with Crippen molar-refractivity contribution in [2.24, 2.45) is 5.41 Å². The highest BCUT2D eigenvalue weighted by molar-refractivity contribution is 6.18. The fraction of sp³-hybridized carbons (Fsp3) is 0.600. The van der Waals surface area contributed by atoms with Crippen molar-refractivity contribution in [1.29, 1.82) is 0 Å². The molecule has 0 aromatic heterocycles. The molecule has 3 nitrogen and oxygen atoms in total. The third-order valence-electron chi connectivity index (χ3n) is 3.89. The lowest BCUT2D eigenvalue weighted by Gasteiger charge is -2.48. The Morgan fingerprint density at radius 2 is 2.05 bits per heavy atom. The van der Waals surface area contributed by atoms with Crippen molar-refractivity contribution in [3.63, 3.8) is 0 Å². The number of ether oxygens (including phenoxy) is 1. The van der Waals surface area contributed by atoms with Gasteiger partial charge in [0.15, 0.2) is 0 Å². The Kier molecular flexibility index (Phi) is 4.71. The highest BCUT2D eigenvalue weighted by atomic mass is 35.5. The molecule has 1 aromatic carbocycles. The molecule has 1 aliphatic heterocycles. The van der Waals surface area contributed by atoms with E-state index in [-0.39, 0.29) is 12.0 Å². The van der Waals surface area contributed by atoms with Crippen molar-refractivity contribution < 1.29 is 9.84 Å². The molecular formula is C15H22ClNO2. The SMILES string of the molecule is Cc1ccc(OCCN2CC(CO)(CCl)C2)cc1C. The van der Waals surface area contributed by atoms with Crippen molar-refractivity contribution in [2.75, 3.05) is 38.7 Å². The summed E-state index contributed by atoms with van der Waals surface area (Å²) in [5, 5.41) is 9.27. The van der Waals surface area contributed by atoms with E-state index in [1.165, 1.54) is 11.1 Å². The van der Waals surface area contributed by atoms with Crippen LogP contribution in [-0.4, -0.2) is 48.7 Å². The smallest absolute Gasteiger partial charge is 0.119 e. The Morgan fingerprint density at radius 3 is 2.63 bits per heavy atom. The fourth-order valence-corrected chi connectivity index (χ4v) is 2.64. The predicted molar refractivity (Wildman–Crippen MR) is 78.1 cm³/mol. The maximum atomic E-state index is 9.27. The van der Waals surface area contributed by atoms with Gasteiger partial charge in [0.2, 0.25) is 0 Å². The van der Waals surface area contributed by atoms with E-state index >= 15 is 0 Å². The topological polar surface area (TPSA) is 32.7 Å². The molecule has 106 valence electrons. The third-order valence-corrected chi connectivity index (χ3v) is 4.46. The van der Waals surface area contributed by atoms with Crippen molar-refractivity contribution in [3.8, 4) is 5.75 Å². The van der Waals surface area contributed by atoms with E-state index in [4.69, 9.17) is 16.3 Å². The first-order chi connectivity index (χ1) is 9.08. The lowest BCUT2D eigenvalue weighted by Crippen LogP contribution is -2.60. The zero-order chi connectivity index (χ0) is 13.9. The van der Waals surface area contributed by atoms with Gasteiger partial charge in [0, 0.05) is 30.9 Å². The minimum Gasteiger partial charge on any atom is -0.492 e. The van der Waals surface area contributed by atoms with E-state index in [2.05, 4.69) is 30.9 Å². The van der Waals surface area contributed by atoms with Gasteiger partial charge in [0.25, 0.3) is 0 Å². The monoisotopic (exact) mass is 283 g/mol. The van der Waals surface area contributed by atoms with Gasteiger partial charge in [-0.05, 0) is 37.1 Å². The highest BCUT2D eigenvalue weighted by Gasteiger charge is 2.41. The molecule has 0 unspecified atom stereocenters. The number of aliphatic hydroxyl groups is 1. The molecule has 0 amide bonds. The maximum absolute atomic E-state index is 9.27. The zero-order valence-electron chi connectivity index (χ0n) is 11.7. The number of aryl methyl sites for hydroxylation is 2. The quantitative estimate of drug-likeness (QED) is 0.813. The summed E-state index contributed by atoms with van der Waals surface area (Å²) in [6, 6.07) is 6.16. The number of hydrogen-bond donors (Lipinski definition) is 1. The van der Waals surface area contributed by atoms with E-state index in [0.717, 1.165) is 25.4 Å². The van der Waals surface area contributed by atoms with Gasteiger partial charge in [-0.15, -0.1) is 11.6 Å². The molecule has 1 N–H and O–H groups in total. The second kappa shape index (κ2) is 6.12. The van der Waals surface area contributed by atoms with E-state index in [1.54, 1.807) is 0 Å². The van der Waals surface area contributed by atoms with Gasteiger partial charge in [-0.2, -0.15) is 0 Å². The normalized spacial score (nSPS) is 18.1. The van der Waals surface area contributed by atoms with Crippen LogP contribution in [-0.2, 0) is 0 Å². The number of hydrogen-bond acceptors (Lipinski definition) is 3. The number of likely N-dealkylation sites (tertiary alicyclic amines) is 1. The van der Waals surface area contributed by atoms with Crippen LogP contribution in [0.25, 0.3) is 0 Å². The summed E-state index contributed by atoms with van der Waals surface area (Å²) < 4.78 is 5.75. The van der Waals surface area contributed by atoms with E-state index in [1.807, 2.05) is 6.07 Å². The minimum absolute atomic E-state index is 0.0813. The highest BCUT2D eigenvalue weighted by Crippen LogP contribution is 2.30. The lowest BCUT2D eigenvalue weighted by atomic mass is 9.83. The summed E-state index contributed by atoms with van der Waals surface area (Å²) in [6.45, 7) is 7.64. The molecular weight excluding hydrogens is 262 g/mol. The molecule has 4 heteroatoms. The summed E-state index contributed by atoms with van der Waals surface area (Å²) in [5.41, 5.74) is 2.45. The van der Waals surface area contributed by atoms with Gasteiger partial charge >= 0.3 is 0 Å². The maximum Gasteiger partial charge on any atom is 0.119 e. The van der Waals surface area contributed by atoms with Crippen LogP contribution in [0.2, 0.25) is 0 Å². The molecule has 0 saturated carbocycles. The summed E-state index contributed by atoms with van der Waals surface area (Å²) in [6.07, 6.45) is 0. The number of rotatable bonds is 6. The second-order valence-corrected chi connectivity index (χ2v) is 5.86. The second-order valence-electron chi connectivity index (χ2n) is 5.60. The van der Waals surface area contributed by atoms with Gasteiger partial charge < -0.3 is 9.84 Å². The van der Waals surface area contributed by atoms with Gasteiger partial charge in [-0.3, -0.25) is 4.90 Å². The van der Waals surface area contributed by atoms with E-state index in [9.17, 15) is 5.11 Å². The Balaban J connectivity index is 1.72. The summed E-state index contributed by atoms with van der Waals surface area (Å²) in [7, 11) is 0. The molecule has 1 heterocycles. The molecule has 1 fully saturated rings. The van der Waals surface area contributed by atoms with Gasteiger partial charge in [0.05, 0.1) is 6.61 Å². The largest absolute Gasteiger partial charge is 0.492 e. The van der Waals surface area contributed by atoms with Crippen LogP contribution < -0.4 is 4.74 Å². The molecule has 0 bridgehead atoms. The van der Waals surface area contributed by atoms with Gasteiger partial charge in [0.1, 0.15) is 12.4 Å². The first-order valence-corrected chi connectivity index (χ1v) is 7.21. The molecule has 0 aliphatic carbocycles. The minimum atomic E-state index is -0.0813. The molecule has 0 atom stereocenters. The van der Waals surface area contributed by atoms with Crippen LogP contribution in [0.1, 0.15) is 11.1 Å². The first-order valence-electron chi connectivity index (χ1n) is 6.68. The van der Waals surface area contributed by atoms with Crippen LogP contribution >= 0.6 is 11.6 Å². The number of halogens is 1. The van der Waals surface area contributed by atoms with Gasteiger partial charge in [-0.1, -0.05) is 6.07 Å². The van der Waals surface area contributed by atoms with Crippen molar-refractivity contribution in [1.82, 2.24) is 4.90 Å². The molecule has 1 aromatic rings. The number of alkyl halides is 1. The number of aliphatic hydroxyl groups excluding tert-OH is 1. The molecule has 0 spiro atoms. The summed E-state index contributed by atoms with van der Waals surface area (Å²) >= 11 is 5.87. The Morgan fingerprint density at radius 1 is 1.32 bits per heavy atom. The number of benzene rings is 1. The Hall–Kier alpha value is -0.770. The van der Waals surface area contributed by atoms with E-state index in [0.29, 0.717) is 12.5 Å². The summed E-state index contributed by atoms with van der Waals surface area (Å²) in [4.78, 5) is 2.26. The summed E-state index contributed by atoms with van der Waals surface area (Å²) in [5.74, 6) is 1.45. The van der Waals surface area contributed by atoms with Crippen molar-refractivity contribution in [3.05, 3.63) is 29.3 Å². The molecule has 1 aliphatic rings. The van der Waals surface area contributed by atoms with E-state index < -0.39 is 0 Å². The van der Waals surface area contributed by atoms with Crippen LogP contribution in [0, 0.1) is 19.3 Å². The standard InChI is InChI=1S/C15H22ClNO2/c1-12-3-4-14(7-13(12)2)19-6-5-17-9-15(8-16,10-17)11-18/h3-4,7,18H,5-6,8-11H2,1-2H3. The third kappa shape index (κ3) is 3.41. The average molecular weight is 284 g/mol. The number of nitrogens with zero attached hydrogens (tertiary/aromatic N) is 1. The first kappa shape index (κ1) is 14.6. The lowest BCUT2D eigenvalue weighted by molar-refractivity contribution is -0.0292. The average Bonchev–Trinajstić information content (AvgIpc) is 2.37. The van der Waals surface area contributed by atoms with Crippen LogP contribution in [0.4, 0.5) is 0 Å². The van der Waals surface area contributed by atoms with Gasteiger partial charge in [-0.25, -0.2) is 0 Å². The molecule has 1 saturated heterocycles. The van der Waals surface area contributed by atoms with Crippen molar-refractivity contribution >= 4 is 11.6 Å². The molecule has 2 rings (SSSR count). The van der Waals surface area contributed by atoms with Crippen molar-refractivity contribution in [2.45, 2.75) is 13.8 Å². The van der Waals surface area contributed by atoms with Crippen LogP contribution in [0.5, 0.6) is 5.75 Å². The Bertz CT molecular complexity index is 424. The van der Waals surface area contributed by atoms with Crippen LogP contribution in [0.15, 0.2) is 18.2 Å². The zero-order valence-corrected chi connectivity index (χ0v) is 12.4. The fourth-order valence-electron chi connectivity index (χ4n) is 2.38. The van der Waals surface area contributed by atoms with Crippen LogP contribution in [0.3, 0.4) is 0 Å². The molecule has 19 heavy (non-hydrogen) atoms. The molecule has 0 radical (unpaired) electrons. The predicted octanol–water partition coefficient (Wildman–Crippen LogP) is 2.22.